The predicted molar refractivity (Wildman–Crippen MR) is 95.5 cm³/mol. The van der Waals surface area contributed by atoms with E-state index >= 15 is 0 Å². The van der Waals surface area contributed by atoms with Crippen LogP contribution in [0.25, 0.3) is 0 Å². The molecule has 0 aliphatic carbocycles. The summed E-state index contributed by atoms with van der Waals surface area (Å²) in [6.45, 7) is 7.68. The largest absolute Gasteiger partial charge is 0.469 e. The van der Waals surface area contributed by atoms with E-state index in [2.05, 4.69) is 0 Å². The van der Waals surface area contributed by atoms with Crippen molar-refractivity contribution >= 4 is 35.5 Å². The second-order valence-corrected chi connectivity index (χ2v) is 8.93. The molecular weight excluding hydrogens is 320 g/mol. The minimum atomic E-state index is -0.403. The highest BCUT2D eigenvalue weighted by Gasteiger charge is 2.28. The van der Waals surface area contributed by atoms with E-state index in [0.717, 1.165) is 35.9 Å². The predicted octanol–water partition coefficient (Wildman–Crippen LogP) is 3.63. The lowest BCUT2D eigenvalue weighted by Gasteiger charge is -2.21. The maximum Gasteiger partial charge on any atom is 0.311 e. The summed E-state index contributed by atoms with van der Waals surface area (Å²) in [4.78, 5) is 23.1. The molecule has 0 radical (unpaired) electrons. The molecule has 4 nitrogen and oxygen atoms in total. The summed E-state index contributed by atoms with van der Waals surface area (Å²) in [5.41, 5.74) is -0.807. The van der Waals surface area contributed by atoms with Crippen molar-refractivity contribution in [3.05, 3.63) is 0 Å². The molecule has 130 valence electrons. The quantitative estimate of drug-likeness (QED) is 0.419. The third-order valence-corrected chi connectivity index (χ3v) is 5.82. The van der Waals surface area contributed by atoms with Crippen LogP contribution in [0.2, 0.25) is 0 Å². The summed E-state index contributed by atoms with van der Waals surface area (Å²) < 4.78 is 9.59. The van der Waals surface area contributed by atoms with E-state index in [1.165, 1.54) is 14.2 Å². The summed E-state index contributed by atoms with van der Waals surface area (Å²) in [7, 11) is 2.87. The molecule has 0 rings (SSSR count). The van der Waals surface area contributed by atoms with Gasteiger partial charge in [-0.1, -0.05) is 0 Å². The Morgan fingerprint density at radius 3 is 1.32 bits per heavy atom. The Morgan fingerprint density at radius 2 is 1.05 bits per heavy atom. The van der Waals surface area contributed by atoms with Crippen LogP contribution in [0.4, 0.5) is 0 Å². The number of ether oxygens (including phenoxy) is 2. The number of thioether (sulfide) groups is 2. The van der Waals surface area contributed by atoms with Gasteiger partial charge in [-0.15, -0.1) is 0 Å². The lowest BCUT2D eigenvalue weighted by Crippen LogP contribution is -2.26. The smallest absolute Gasteiger partial charge is 0.311 e. The molecule has 0 saturated carbocycles. The molecule has 0 fully saturated rings. The second-order valence-electron chi connectivity index (χ2n) is 6.48. The van der Waals surface area contributed by atoms with Crippen LogP contribution < -0.4 is 0 Å². The summed E-state index contributed by atoms with van der Waals surface area (Å²) >= 11 is 3.71. The van der Waals surface area contributed by atoms with Crippen molar-refractivity contribution in [3.63, 3.8) is 0 Å². The Kier molecular flexibility index (Phi) is 10.3. The standard InChI is InChI=1S/C16H30O4S2/c1-15(2,13(17)19-5)7-9-21-11-12-22-10-8-16(3,4)14(18)20-6/h7-12H2,1-6H3. The Bertz CT molecular complexity index is 320. The van der Waals surface area contributed by atoms with Gasteiger partial charge in [0.25, 0.3) is 0 Å². The number of esters is 2. The first kappa shape index (κ1) is 21.6. The van der Waals surface area contributed by atoms with E-state index < -0.39 is 10.8 Å². The van der Waals surface area contributed by atoms with Crippen LogP contribution in [0, 0.1) is 10.8 Å². The van der Waals surface area contributed by atoms with Gasteiger partial charge < -0.3 is 9.47 Å². The van der Waals surface area contributed by atoms with Crippen molar-refractivity contribution in [3.8, 4) is 0 Å². The highest BCUT2D eigenvalue weighted by Crippen LogP contribution is 2.26. The molecule has 0 unspecified atom stereocenters. The van der Waals surface area contributed by atoms with Crippen LogP contribution in [0.3, 0.4) is 0 Å². The maximum atomic E-state index is 11.5. The molecule has 0 aromatic carbocycles. The number of hydrogen-bond acceptors (Lipinski definition) is 6. The van der Waals surface area contributed by atoms with Gasteiger partial charge in [0.05, 0.1) is 25.0 Å². The number of methoxy groups -OCH3 is 2. The Labute approximate surface area is 143 Å². The SMILES string of the molecule is COC(=O)C(C)(C)CCSCCSCCC(C)(C)C(=O)OC. The van der Waals surface area contributed by atoms with Crippen molar-refractivity contribution in [2.45, 2.75) is 40.5 Å². The zero-order valence-corrected chi connectivity index (χ0v) is 16.3. The van der Waals surface area contributed by atoms with Gasteiger partial charge in [-0.2, -0.15) is 23.5 Å². The van der Waals surface area contributed by atoms with Crippen LogP contribution >= 0.6 is 23.5 Å². The van der Waals surface area contributed by atoms with Gasteiger partial charge >= 0.3 is 11.9 Å². The Hall–Kier alpha value is -0.360. The van der Waals surface area contributed by atoms with Gasteiger partial charge in [-0.3, -0.25) is 9.59 Å². The summed E-state index contributed by atoms with van der Waals surface area (Å²) in [5.74, 6) is 3.73. The fourth-order valence-corrected chi connectivity index (χ4v) is 4.39. The van der Waals surface area contributed by atoms with Crippen LogP contribution in [0.1, 0.15) is 40.5 Å². The molecule has 0 heterocycles. The number of carbonyl (C=O) groups is 2. The average Bonchev–Trinajstić information content (AvgIpc) is 2.47. The first-order chi connectivity index (χ1) is 10.2. The maximum absolute atomic E-state index is 11.5. The third kappa shape index (κ3) is 8.32. The molecular formula is C16H30O4S2. The van der Waals surface area contributed by atoms with Gasteiger partial charge in [0.2, 0.25) is 0 Å². The minimum Gasteiger partial charge on any atom is -0.469 e. The van der Waals surface area contributed by atoms with Crippen LogP contribution in [0.15, 0.2) is 0 Å². The lowest BCUT2D eigenvalue weighted by atomic mass is 9.91. The van der Waals surface area contributed by atoms with Crippen molar-refractivity contribution in [2.24, 2.45) is 10.8 Å². The zero-order valence-electron chi connectivity index (χ0n) is 14.7. The van der Waals surface area contributed by atoms with E-state index in [4.69, 9.17) is 9.47 Å². The number of rotatable bonds is 11. The van der Waals surface area contributed by atoms with Gasteiger partial charge in [0, 0.05) is 11.5 Å². The normalized spacial score (nSPS) is 12.1. The Morgan fingerprint density at radius 1 is 0.727 bits per heavy atom. The van der Waals surface area contributed by atoms with Crippen molar-refractivity contribution in [1.82, 2.24) is 0 Å². The minimum absolute atomic E-state index is 0.146. The van der Waals surface area contributed by atoms with Crippen LogP contribution in [-0.2, 0) is 19.1 Å². The fraction of sp³-hybridized carbons (Fsp3) is 0.875. The molecule has 0 saturated heterocycles. The van der Waals surface area contributed by atoms with E-state index in [1.54, 1.807) is 0 Å². The molecule has 0 aromatic rings. The summed E-state index contributed by atoms with van der Waals surface area (Å²) in [5, 5.41) is 0. The summed E-state index contributed by atoms with van der Waals surface area (Å²) in [6.07, 6.45) is 1.65. The molecule has 0 aliphatic heterocycles. The van der Waals surface area contributed by atoms with Crippen molar-refractivity contribution < 1.29 is 19.1 Å². The average molecular weight is 351 g/mol. The molecule has 22 heavy (non-hydrogen) atoms. The van der Waals surface area contributed by atoms with Gasteiger partial charge in [-0.05, 0) is 52.0 Å². The number of hydrogen-bond donors (Lipinski definition) is 0. The fourth-order valence-electron chi connectivity index (χ4n) is 1.73. The Balaban J connectivity index is 3.67. The first-order valence-electron chi connectivity index (χ1n) is 7.49. The monoisotopic (exact) mass is 350 g/mol. The van der Waals surface area contributed by atoms with Gasteiger partial charge in [0.15, 0.2) is 0 Å². The van der Waals surface area contributed by atoms with Crippen LogP contribution in [-0.4, -0.2) is 49.2 Å². The molecule has 0 bridgehead atoms. The zero-order chi connectivity index (χ0) is 17.2. The highest BCUT2D eigenvalue weighted by atomic mass is 32.2. The summed E-state index contributed by atoms with van der Waals surface area (Å²) in [6, 6.07) is 0. The molecule has 0 spiro atoms. The molecule has 0 aromatic heterocycles. The van der Waals surface area contributed by atoms with E-state index in [9.17, 15) is 9.59 Å². The molecule has 0 N–H and O–H groups in total. The lowest BCUT2D eigenvalue weighted by molar-refractivity contribution is -0.151. The van der Waals surface area contributed by atoms with Gasteiger partial charge in [-0.25, -0.2) is 0 Å². The topological polar surface area (TPSA) is 52.6 Å². The molecule has 6 heteroatoms. The van der Waals surface area contributed by atoms with Crippen LogP contribution in [0.5, 0.6) is 0 Å². The molecule has 0 amide bonds. The van der Waals surface area contributed by atoms with E-state index in [1.807, 2.05) is 51.2 Å². The van der Waals surface area contributed by atoms with Crippen molar-refractivity contribution in [2.75, 3.05) is 37.2 Å². The third-order valence-electron chi connectivity index (χ3n) is 3.59. The second kappa shape index (κ2) is 10.4. The van der Waals surface area contributed by atoms with Crippen molar-refractivity contribution in [1.29, 1.82) is 0 Å². The molecule has 0 aliphatic rings. The van der Waals surface area contributed by atoms with E-state index in [0.29, 0.717) is 0 Å². The first-order valence-corrected chi connectivity index (χ1v) is 9.80. The van der Waals surface area contributed by atoms with E-state index in [-0.39, 0.29) is 11.9 Å². The molecule has 0 atom stereocenters. The van der Waals surface area contributed by atoms with Gasteiger partial charge in [0.1, 0.15) is 0 Å². The number of carbonyl (C=O) groups excluding carboxylic acids is 2. The highest BCUT2D eigenvalue weighted by molar-refractivity contribution is 8.02.